The van der Waals surface area contributed by atoms with Gasteiger partial charge in [-0.05, 0) is 57.1 Å². The Morgan fingerprint density at radius 2 is 1.87 bits per heavy atom. The van der Waals surface area contributed by atoms with Gasteiger partial charge in [0.05, 0.1) is 5.75 Å². The fourth-order valence-corrected chi connectivity index (χ4v) is 4.65. The molecule has 1 aliphatic heterocycles. The Kier molecular flexibility index (Phi) is 6.50. The molecule has 0 radical (unpaired) electrons. The Labute approximate surface area is 187 Å². The molecule has 2 fully saturated rings. The summed E-state index contributed by atoms with van der Waals surface area (Å²) in [6, 6.07) is 5.64. The Bertz CT molecular complexity index is 963. The van der Waals surface area contributed by atoms with Crippen molar-refractivity contribution < 1.29 is 9.59 Å². The molecule has 0 spiro atoms. The van der Waals surface area contributed by atoms with E-state index in [4.69, 9.17) is 0 Å². The topological polar surface area (TPSA) is 92.2 Å². The third-order valence-corrected chi connectivity index (χ3v) is 6.78. The first-order chi connectivity index (χ1) is 14.9. The highest BCUT2D eigenvalue weighted by molar-refractivity contribution is 7.99. The summed E-state index contributed by atoms with van der Waals surface area (Å²) in [5.41, 5.74) is 2.76. The highest BCUT2D eigenvalue weighted by atomic mass is 32.2. The van der Waals surface area contributed by atoms with Crippen LogP contribution in [0.4, 0.5) is 16.4 Å². The summed E-state index contributed by atoms with van der Waals surface area (Å²) in [7, 11) is 0. The lowest BCUT2D eigenvalue weighted by Crippen LogP contribution is -2.35. The molecule has 1 aromatic carbocycles. The van der Waals surface area contributed by atoms with E-state index >= 15 is 0 Å². The molecule has 2 aromatic rings. The Hall–Kier alpha value is -2.55. The number of rotatable bonds is 6. The predicted molar refractivity (Wildman–Crippen MR) is 123 cm³/mol. The zero-order chi connectivity index (χ0) is 22.0. The second-order valence-electron chi connectivity index (χ2n) is 8.66. The van der Waals surface area contributed by atoms with Gasteiger partial charge in [-0.2, -0.15) is 0 Å². The maximum Gasteiger partial charge on any atom is 0.325 e. The summed E-state index contributed by atoms with van der Waals surface area (Å²) in [4.78, 5) is 26.9. The van der Waals surface area contributed by atoms with Crippen LogP contribution in [0.15, 0.2) is 23.4 Å². The minimum atomic E-state index is -0.524. The molecule has 2 aliphatic rings. The van der Waals surface area contributed by atoms with Crippen LogP contribution in [0, 0.1) is 19.8 Å². The van der Waals surface area contributed by atoms with Crippen LogP contribution in [0.25, 0.3) is 0 Å². The summed E-state index contributed by atoms with van der Waals surface area (Å²) in [5.74, 6) is 1.43. The van der Waals surface area contributed by atoms with E-state index in [1.54, 1.807) is 0 Å². The smallest absolute Gasteiger partial charge is 0.325 e. The van der Waals surface area contributed by atoms with Gasteiger partial charge in [0, 0.05) is 24.8 Å². The molecule has 1 saturated carbocycles. The molecular formula is C22H30N6O2S. The average molecular weight is 443 g/mol. The molecule has 1 saturated heterocycles. The number of hydrogen-bond donors (Lipinski definition) is 2. The third-order valence-electron chi connectivity index (χ3n) is 5.84. The summed E-state index contributed by atoms with van der Waals surface area (Å²) in [5, 5.41) is 14.7. The van der Waals surface area contributed by atoms with Crippen LogP contribution >= 0.6 is 11.8 Å². The SMILES string of the molecule is Cc1ccc(NC(=O)NC(=O)CSc2nnc(N3CCC(C)CC3)n2C2CC2)c(C)c1. The van der Waals surface area contributed by atoms with Crippen molar-refractivity contribution in [3.63, 3.8) is 0 Å². The maximum atomic E-state index is 12.3. The predicted octanol–water partition coefficient (Wildman–Crippen LogP) is 3.91. The number of carbonyl (C=O) groups is 2. The van der Waals surface area contributed by atoms with Gasteiger partial charge in [-0.3, -0.25) is 14.7 Å². The van der Waals surface area contributed by atoms with Gasteiger partial charge in [0.1, 0.15) is 0 Å². The second-order valence-corrected chi connectivity index (χ2v) is 9.61. The second kappa shape index (κ2) is 9.30. The summed E-state index contributed by atoms with van der Waals surface area (Å²) >= 11 is 1.33. The molecule has 3 amide bonds. The Morgan fingerprint density at radius 1 is 1.13 bits per heavy atom. The van der Waals surface area contributed by atoms with Crippen LogP contribution < -0.4 is 15.5 Å². The molecular weight excluding hydrogens is 412 g/mol. The molecule has 9 heteroatoms. The molecule has 31 heavy (non-hydrogen) atoms. The standard InChI is InChI=1S/C22H30N6O2S/c1-14-8-10-27(11-9-14)21-25-26-22(28(21)17-5-6-17)31-13-19(29)24-20(30)23-18-7-4-15(2)12-16(18)3/h4,7,12,14,17H,5-6,8-11,13H2,1-3H3,(H2,23,24,29,30). The zero-order valence-corrected chi connectivity index (χ0v) is 19.2. The number of anilines is 2. The molecule has 2 heterocycles. The molecule has 8 nitrogen and oxygen atoms in total. The van der Waals surface area contributed by atoms with E-state index in [2.05, 4.69) is 37.2 Å². The monoisotopic (exact) mass is 442 g/mol. The van der Waals surface area contributed by atoms with Gasteiger partial charge in [0.15, 0.2) is 5.16 Å². The number of imide groups is 1. The van der Waals surface area contributed by atoms with Crippen LogP contribution in [-0.2, 0) is 4.79 Å². The van der Waals surface area contributed by atoms with Crippen LogP contribution in [0.1, 0.15) is 49.8 Å². The van der Waals surface area contributed by atoms with E-state index in [0.29, 0.717) is 11.7 Å². The largest absolute Gasteiger partial charge is 0.341 e. The van der Waals surface area contributed by atoms with Gasteiger partial charge in [0.25, 0.3) is 0 Å². The van der Waals surface area contributed by atoms with Crippen molar-refractivity contribution in [1.82, 2.24) is 20.1 Å². The number of piperidine rings is 1. The first-order valence-electron chi connectivity index (χ1n) is 10.9. The van der Waals surface area contributed by atoms with E-state index in [0.717, 1.165) is 66.9 Å². The molecule has 0 atom stereocenters. The van der Waals surface area contributed by atoms with Crippen molar-refractivity contribution in [2.75, 3.05) is 29.1 Å². The van der Waals surface area contributed by atoms with Gasteiger partial charge in [0.2, 0.25) is 11.9 Å². The number of nitrogens with one attached hydrogen (secondary N) is 2. The van der Waals surface area contributed by atoms with E-state index in [9.17, 15) is 9.59 Å². The Balaban J connectivity index is 1.33. The van der Waals surface area contributed by atoms with Crippen molar-refractivity contribution >= 4 is 35.3 Å². The first-order valence-corrected chi connectivity index (χ1v) is 11.9. The number of urea groups is 1. The molecule has 0 bridgehead atoms. The lowest BCUT2D eigenvalue weighted by Gasteiger charge is -2.31. The van der Waals surface area contributed by atoms with E-state index in [1.165, 1.54) is 11.8 Å². The van der Waals surface area contributed by atoms with Crippen molar-refractivity contribution in [3.8, 4) is 0 Å². The van der Waals surface area contributed by atoms with Crippen molar-refractivity contribution in [2.45, 2.75) is 57.7 Å². The van der Waals surface area contributed by atoms with Gasteiger partial charge < -0.3 is 10.2 Å². The van der Waals surface area contributed by atoms with Crippen molar-refractivity contribution in [2.24, 2.45) is 5.92 Å². The van der Waals surface area contributed by atoms with Crippen LogP contribution in [-0.4, -0.2) is 45.5 Å². The third kappa shape index (κ3) is 5.39. The number of amides is 3. The van der Waals surface area contributed by atoms with E-state index in [-0.39, 0.29) is 11.7 Å². The van der Waals surface area contributed by atoms with Crippen LogP contribution in [0.5, 0.6) is 0 Å². The molecule has 4 rings (SSSR count). The van der Waals surface area contributed by atoms with Gasteiger partial charge in [-0.15, -0.1) is 10.2 Å². The maximum absolute atomic E-state index is 12.3. The minimum Gasteiger partial charge on any atom is -0.341 e. The number of benzene rings is 1. The summed E-state index contributed by atoms with van der Waals surface area (Å²) in [6.45, 7) is 8.20. The molecule has 0 unspecified atom stereocenters. The fraction of sp³-hybridized carbons (Fsp3) is 0.545. The molecule has 1 aromatic heterocycles. The minimum absolute atomic E-state index is 0.113. The van der Waals surface area contributed by atoms with Crippen molar-refractivity contribution in [3.05, 3.63) is 29.3 Å². The highest BCUT2D eigenvalue weighted by Crippen LogP contribution is 2.41. The summed E-state index contributed by atoms with van der Waals surface area (Å²) in [6.07, 6.45) is 4.57. The quantitative estimate of drug-likeness (QED) is 0.659. The zero-order valence-electron chi connectivity index (χ0n) is 18.4. The van der Waals surface area contributed by atoms with Crippen LogP contribution in [0.3, 0.4) is 0 Å². The number of aromatic nitrogens is 3. The highest BCUT2D eigenvalue weighted by Gasteiger charge is 2.32. The Morgan fingerprint density at radius 3 is 2.55 bits per heavy atom. The van der Waals surface area contributed by atoms with Gasteiger partial charge in [-0.1, -0.05) is 36.4 Å². The van der Waals surface area contributed by atoms with Gasteiger partial charge >= 0.3 is 6.03 Å². The first kappa shape index (κ1) is 21.7. The lowest BCUT2D eigenvalue weighted by molar-refractivity contribution is -0.117. The fourth-order valence-electron chi connectivity index (χ4n) is 3.84. The molecule has 2 N–H and O–H groups in total. The number of hydrogen-bond acceptors (Lipinski definition) is 6. The lowest BCUT2D eigenvalue weighted by atomic mass is 10.00. The van der Waals surface area contributed by atoms with Gasteiger partial charge in [-0.25, -0.2) is 4.79 Å². The number of nitrogens with zero attached hydrogens (tertiary/aromatic N) is 4. The van der Waals surface area contributed by atoms with Crippen LogP contribution in [0.2, 0.25) is 0 Å². The number of carbonyl (C=O) groups excluding carboxylic acids is 2. The van der Waals surface area contributed by atoms with E-state index in [1.807, 2.05) is 32.0 Å². The molecule has 1 aliphatic carbocycles. The average Bonchev–Trinajstić information content (AvgIpc) is 3.48. The van der Waals surface area contributed by atoms with Crippen molar-refractivity contribution in [1.29, 1.82) is 0 Å². The molecule has 166 valence electrons. The number of aryl methyl sites for hydroxylation is 2. The summed E-state index contributed by atoms with van der Waals surface area (Å²) < 4.78 is 2.18. The van der Waals surface area contributed by atoms with E-state index < -0.39 is 6.03 Å². The normalized spacial score (nSPS) is 16.9. The number of thioether (sulfide) groups is 1.